The van der Waals surface area contributed by atoms with Crippen LogP contribution in [0.5, 0.6) is 5.75 Å². The van der Waals surface area contributed by atoms with Crippen LogP contribution in [-0.4, -0.2) is 20.8 Å². The van der Waals surface area contributed by atoms with Gasteiger partial charge in [-0.2, -0.15) is 0 Å². The Morgan fingerprint density at radius 2 is 1.81 bits per heavy atom. The lowest BCUT2D eigenvalue weighted by atomic mass is 10.2. The average Bonchev–Trinajstić information content (AvgIpc) is 2.29. The van der Waals surface area contributed by atoms with Crippen LogP contribution in [0.2, 0.25) is 0 Å². The van der Waals surface area contributed by atoms with Crippen LogP contribution in [0, 0.1) is 0 Å². The van der Waals surface area contributed by atoms with Gasteiger partial charge in [0.2, 0.25) is 10.0 Å². The lowest BCUT2D eigenvalue weighted by Gasteiger charge is -2.06. The molecule has 0 atom stereocenters. The first-order valence-electron chi connectivity index (χ1n) is 5.26. The summed E-state index contributed by atoms with van der Waals surface area (Å²) in [6.45, 7) is 4.48. The Bertz CT molecular complexity index is 411. The largest absolute Gasteiger partial charge is 0.494 e. The quantitative estimate of drug-likeness (QED) is 0.824. The zero-order valence-electron chi connectivity index (χ0n) is 9.56. The average molecular weight is 243 g/mol. The van der Waals surface area contributed by atoms with E-state index in [4.69, 9.17) is 4.74 Å². The molecule has 0 bridgehead atoms. The first-order chi connectivity index (χ1) is 7.57. The molecule has 1 rings (SSSR count). The molecule has 0 spiro atoms. The van der Waals surface area contributed by atoms with Crippen molar-refractivity contribution in [1.82, 2.24) is 4.72 Å². The number of sulfonamides is 1. The Morgan fingerprint density at radius 1 is 1.19 bits per heavy atom. The molecule has 1 N–H and O–H groups in total. The molecule has 0 saturated heterocycles. The van der Waals surface area contributed by atoms with Gasteiger partial charge in [-0.3, -0.25) is 0 Å². The topological polar surface area (TPSA) is 55.4 Å². The highest BCUT2D eigenvalue weighted by molar-refractivity contribution is 7.89. The molecule has 4 nitrogen and oxygen atoms in total. The maximum absolute atomic E-state index is 11.2. The molecular formula is C11H17NO3S. The standard InChI is InChI=1S/C11H17NO3S/c1-3-15-11-7-5-10(6-8-11)9-12-16(13,14)4-2/h5-8,12H,3-4,9H2,1-2H3. The van der Waals surface area contributed by atoms with E-state index in [0.717, 1.165) is 11.3 Å². The Morgan fingerprint density at radius 3 is 2.31 bits per heavy atom. The molecule has 0 aliphatic carbocycles. The fourth-order valence-electron chi connectivity index (χ4n) is 1.17. The molecule has 0 aromatic heterocycles. The predicted octanol–water partition coefficient (Wildman–Crippen LogP) is 1.52. The molecule has 0 amide bonds. The second kappa shape index (κ2) is 5.86. The van der Waals surface area contributed by atoms with Crippen molar-refractivity contribution in [1.29, 1.82) is 0 Å². The number of rotatable bonds is 6. The van der Waals surface area contributed by atoms with E-state index in [1.807, 2.05) is 31.2 Å². The van der Waals surface area contributed by atoms with Crippen molar-refractivity contribution in [3.8, 4) is 5.75 Å². The zero-order valence-corrected chi connectivity index (χ0v) is 10.4. The second-order valence-electron chi connectivity index (χ2n) is 3.30. The molecule has 90 valence electrons. The molecule has 0 fully saturated rings. The van der Waals surface area contributed by atoms with Crippen molar-refractivity contribution in [3.05, 3.63) is 29.8 Å². The summed E-state index contributed by atoms with van der Waals surface area (Å²) in [5.74, 6) is 0.897. The first kappa shape index (κ1) is 13.0. The summed E-state index contributed by atoms with van der Waals surface area (Å²) < 4.78 is 30.2. The van der Waals surface area contributed by atoms with Gasteiger partial charge in [0.25, 0.3) is 0 Å². The fourth-order valence-corrected chi connectivity index (χ4v) is 1.76. The summed E-state index contributed by atoms with van der Waals surface area (Å²) in [7, 11) is -3.12. The van der Waals surface area contributed by atoms with Crippen molar-refractivity contribution in [2.24, 2.45) is 0 Å². The maximum atomic E-state index is 11.2. The van der Waals surface area contributed by atoms with Crippen LogP contribution >= 0.6 is 0 Å². The minimum Gasteiger partial charge on any atom is -0.494 e. The third kappa shape index (κ3) is 4.20. The summed E-state index contributed by atoms with van der Waals surface area (Å²) in [5.41, 5.74) is 0.917. The van der Waals surface area contributed by atoms with Gasteiger partial charge in [0.15, 0.2) is 0 Å². The van der Waals surface area contributed by atoms with E-state index < -0.39 is 10.0 Å². The molecule has 0 unspecified atom stereocenters. The summed E-state index contributed by atoms with van der Waals surface area (Å²) in [4.78, 5) is 0. The molecule has 0 radical (unpaired) electrons. The van der Waals surface area contributed by atoms with Gasteiger partial charge in [0.1, 0.15) is 5.75 Å². The minimum absolute atomic E-state index is 0.101. The molecule has 16 heavy (non-hydrogen) atoms. The Hall–Kier alpha value is -1.07. The lowest BCUT2D eigenvalue weighted by molar-refractivity contribution is 0.340. The summed E-state index contributed by atoms with van der Waals surface area (Å²) in [6, 6.07) is 7.37. The highest BCUT2D eigenvalue weighted by atomic mass is 32.2. The van der Waals surface area contributed by atoms with Crippen LogP contribution in [0.25, 0.3) is 0 Å². The molecule has 1 aromatic rings. The van der Waals surface area contributed by atoms with Crippen LogP contribution < -0.4 is 9.46 Å². The molecule has 0 aliphatic rings. The fraction of sp³-hybridized carbons (Fsp3) is 0.455. The molecule has 5 heteroatoms. The molecule has 0 aliphatic heterocycles. The van der Waals surface area contributed by atoms with Gasteiger partial charge in [0, 0.05) is 6.54 Å². The van der Waals surface area contributed by atoms with Crippen LogP contribution in [0.1, 0.15) is 19.4 Å². The van der Waals surface area contributed by atoms with Gasteiger partial charge in [-0.15, -0.1) is 0 Å². The SMILES string of the molecule is CCOc1ccc(CNS(=O)(=O)CC)cc1. The molecule has 1 aromatic carbocycles. The Balaban J connectivity index is 2.56. The number of ether oxygens (including phenoxy) is 1. The van der Waals surface area contributed by atoms with Gasteiger partial charge >= 0.3 is 0 Å². The number of benzene rings is 1. The van der Waals surface area contributed by atoms with E-state index in [0.29, 0.717) is 13.2 Å². The van der Waals surface area contributed by atoms with E-state index in [1.165, 1.54) is 0 Å². The smallest absolute Gasteiger partial charge is 0.211 e. The number of hydrogen-bond donors (Lipinski definition) is 1. The van der Waals surface area contributed by atoms with Crippen molar-refractivity contribution >= 4 is 10.0 Å². The molecular weight excluding hydrogens is 226 g/mol. The van der Waals surface area contributed by atoms with Gasteiger partial charge in [0.05, 0.1) is 12.4 Å². The van der Waals surface area contributed by atoms with Crippen molar-refractivity contribution < 1.29 is 13.2 Å². The summed E-state index contributed by atoms with van der Waals surface area (Å²) in [5, 5.41) is 0. The van der Waals surface area contributed by atoms with Crippen molar-refractivity contribution in [2.45, 2.75) is 20.4 Å². The van der Waals surface area contributed by atoms with Crippen LogP contribution in [0.15, 0.2) is 24.3 Å². The van der Waals surface area contributed by atoms with E-state index in [2.05, 4.69) is 4.72 Å². The van der Waals surface area contributed by atoms with Gasteiger partial charge in [-0.25, -0.2) is 13.1 Å². The molecule has 0 heterocycles. The van der Waals surface area contributed by atoms with Crippen molar-refractivity contribution in [2.75, 3.05) is 12.4 Å². The van der Waals surface area contributed by atoms with E-state index in [9.17, 15) is 8.42 Å². The second-order valence-corrected chi connectivity index (χ2v) is 5.40. The minimum atomic E-state index is -3.12. The monoisotopic (exact) mass is 243 g/mol. The maximum Gasteiger partial charge on any atom is 0.211 e. The number of hydrogen-bond acceptors (Lipinski definition) is 3. The highest BCUT2D eigenvalue weighted by Crippen LogP contribution is 2.11. The predicted molar refractivity (Wildman–Crippen MR) is 63.9 cm³/mol. The van der Waals surface area contributed by atoms with E-state index in [-0.39, 0.29) is 5.75 Å². The zero-order chi connectivity index (χ0) is 12.0. The third-order valence-electron chi connectivity index (χ3n) is 2.11. The Kier molecular flexibility index (Phi) is 4.76. The van der Waals surface area contributed by atoms with Crippen LogP contribution in [-0.2, 0) is 16.6 Å². The van der Waals surface area contributed by atoms with E-state index in [1.54, 1.807) is 6.92 Å². The normalized spacial score (nSPS) is 11.4. The van der Waals surface area contributed by atoms with Crippen molar-refractivity contribution in [3.63, 3.8) is 0 Å². The van der Waals surface area contributed by atoms with Gasteiger partial charge in [-0.05, 0) is 31.5 Å². The Labute approximate surface area is 96.7 Å². The summed E-state index contributed by atoms with van der Waals surface area (Å²) >= 11 is 0. The summed E-state index contributed by atoms with van der Waals surface area (Å²) in [6.07, 6.45) is 0. The third-order valence-corrected chi connectivity index (χ3v) is 3.45. The van der Waals surface area contributed by atoms with Gasteiger partial charge in [-0.1, -0.05) is 12.1 Å². The van der Waals surface area contributed by atoms with E-state index >= 15 is 0 Å². The van der Waals surface area contributed by atoms with Crippen LogP contribution in [0.4, 0.5) is 0 Å². The molecule has 0 saturated carbocycles. The number of nitrogens with one attached hydrogen (secondary N) is 1. The first-order valence-corrected chi connectivity index (χ1v) is 6.91. The van der Waals surface area contributed by atoms with Gasteiger partial charge < -0.3 is 4.74 Å². The lowest BCUT2D eigenvalue weighted by Crippen LogP contribution is -2.24. The van der Waals surface area contributed by atoms with Crippen LogP contribution in [0.3, 0.4) is 0 Å². The highest BCUT2D eigenvalue weighted by Gasteiger charge is 2.05.